The van der Waals surface area contributed by atoms with Crippen molar-refractivity contribution in [2.24, 2.45) is 0 Å². The number of rotatable bonds is 2. The molecule has 0 aliphatic carbocycles. The Kier molecular flexibility index (Phi) is 3.01. The average Bonchev–Trinajstić information content (AvgIpc) is 2.73. The molecule has 4 heteroatoms. The molecule has 3 rings (SSSR count). The number of hydrogen-bond acceptors (Lipinski definition) is 3. The molecule has 3 aromatic rings. The number of aromatic nitrogens is 4. The Hall–Kier alpha value is -2.23. The van der Waals surface area contributed by atoms with E-state index in [2.05, 4.69) is 29.9 Å². The molecule has 0 unspecified atom stereocenters. The molecule has 0 amide bonds. The first-order valence-corrected chi connectivity index (χ1v) is 6.86. The van der Waals surface area contributed by atoms with Crippen molar-refractivity contribution < 1.29 is 0 Å². The summed E-state index contributed by atoms with van der Waals surface area (Å²) in [5, 5.41) is 0. The summed E-state index contributed by atoms with van der Waals surface area (Å²) in [5.74, 6) is 2.00. The van der Waals surface area contributed by atoms with E-state index in [1.165, 1.54) is 0 Å². The SMILES string of the molecule is Cc1cc(C(C)C)nc(-n2c(C)nc3ccccc32)n1. The second-order valence-corrected chi connectivity index (χ2v) is 5.37. The fourth-order valence-electron chi connectivity index (χ4n) is 2.37. The Morgan fingerprint density at radius 1 is 1.00 bits per heavy atom. The second-order valence-electron chi connectivity index (χ2n) is 5.37. The molecular weight excluding hydrogens is 248 g/mol. The maximum atomic E-state index is 4.70. The molecule has 0 bridgehead atoms. The zero-order chi connectivity index (χ0) is 14.3. The van der Waals surface area contributed by atoms with Gasteiger partial charge in [0.15, 0.2) is 0 Å². The molecular formula is C16H18N4. The number of benzene rings is 1. The molecule has 2 aromatic heterocycles. The van der Waals surface area contributed by atoms with E-state index in [9.17, 15) is 0 Å². The largest absolute Gasteiger partial charge is 0.264 e. The Morgan fingerprint density at radius 2 is 1.75 bits per heavy atom. The second kappa shape index (κ2) is 4.71. The zero-order valence-corrected chi connectivity index (χ0v) is 12.3. The number of para-hydroxylation sites is 2. The fraction of sp³-hybridized carbons (Fsp3) is 0.312. The Bertz CT molecular complexity index is 771. The van der Waals surface area contributed by atoms with Crippen molar-refractivity contribution >= 4 is 11.0 Å². The van der Waals surface area contributed by atoms with Crippen LogP contribution in [0.15, 0.2) is 30.3 Å². The highest BCUT2D eigenvalue weighted by Crippen LogP contribution is 2.21. The summed E-state index contributed by atoms with van der Waals surface area (Å²) < 4.78 is 2.02. The van der Waals surface area contributed by atoms with Gasteiger partial charge in [-0.15, -0.1) is 0 Å². The van der Waals surface area contributed by atoms with Gasteiger partial charge in [0.05, 0.1) is 11.0 Å². The van der Waals surface area contributed by atoms with Gasteiger partial charge in [-0.1, -0.05) is 26.0 Å². The number of fused-ring (bicyclic) bond motifs is 1. The van der Waals surface area contributed by atoms with Gasteiger partial charge in [-0.3, -0.25) is 4.57 Å². The third-order valence-corrected chi connectivity index (χ3v) is 3.38. The smallest absolute Gasteiger partial charge is 0.236 e. The molecule has 102 valence electrons. The van der Waals surface area contributed by atoms with Crippen molar-refractivity contribution in [1.82, 2.24) is 19.5 Å². The monoisotopic (exact) mass is 266 g/mol. The van der Waals surface area contributed by atoms with E-state index in [1.807, 2.05) is 42.7 Å². The van der Waals surface area contributed by atoms with Gasteiger partial charge in [-0.25, -0.2) is 15.0 Å². The van der Waals surface area contributed by atoms with Crippen LogP contribution in [0.5, 0.6) is 0 Å². The number of aryl methyl sites for hydroxylation is 2. The van der Waals surface area contributed by atoms with Crippen LogP contribution >= 0.6 is 0 Å². The van der Waals surface area contributed by atoms with Crippen molar-refractivity contribution in [1.29, 1.82) is 0 Å². The third kappa shape index (κ3) is 2.07. The van der Waals surface area contributed by atoms with E-state index in [1.54, 1.807) is 0 Å². The lowest BCUT2D eigenvalue weighted by molar-refractivity contribution is 0.783. The van der Waals surface area contributed by atoms with E-state index in [-0.39, 0.29) is 0 Å². The van der Waals surface area contributed by atoms with Crippen LogP contribution in [-0.4, -0.2) is 19.5 Å². The lowest BCUT2D eigenvalue weighted by Crippen LogP contribution is -2.07. The van der Waals surface area contributed by atoms with Crippen molar-refractivity contribution in [3.05, 3.63) is 47.5 Å². The molecule has 0 saturated carbocycles. The number of hydrogen-bond donors (Lipinski definition) is 0. The molecule has 0 aliphatic rings. The molecule has 0 spiro atoms. The van der Waals surface area contributed by atoms with E-state index >= 15 is 0 Å². The van der Waals surface area contributed by atoms with E-state index in [4.69, 9.17) is 4.98 Å². The maximum Gasteiger partial charge on any atom is 0.236 e. The summed E-state index contributed by atoms with van der Waals surface area (Å²) >= 11 is 0. The lowest BCUT2D eigenvalue weighted by atomic mass is 10.1. The highest BCUT2D eigenvalue weighted by Gasteiger charge is 2.13. The summed E-state index contributed by atoms with van der Waals surface area (Å²) in [5.41, 5.74) is 4.06. The molecule has 20 heavy (non-hydrogen) atoms. The highest BCUT2D eigenvalue weighted by molar-refractivity contribution is 5.77. The lowest BCUT2D eigenvalue weighted by Gasteiger charge is -2.10. The molecule has 4 nitrogen and oxygen atoms in total. The van der Waals surface area contributed by atoms with Crippen molar-refractivity contribution in [2.75, 3.05) is 0 Å². The van der Waals surface area contributed by atoms with Gasteiger partial charge in [0.1, 0.15) is 5.82 Å². The molecule has 0 N–H and O–H groups in total. The average molecular weight is 266 g/mol. The van der Waals surface area contributed by atoms with Crippen molar-refractivity contribution in [3.63, 3.8) is 0 Å². The fourth-order valence-corrected chi connectivity index (χ4v) is 2.37. The van der Waals surface area contributed by atoms with Crippen LogP contribution in [0.2, 0.25) is 0 Å². The Morgan fingerprint density at radius 3 is 2.50 bits per heavy atom. The van der Waals surface area contributed by atoms with E-state index in [0.717, 1.165) is 28.2 Å². The molecule has 0 fully saturated rings. The van der Waals surface area contributed by atoms with Gasteiger partial charge >= 0.3 is 0 Å². The van der Waals surface area contributed by atoms with Crippen LogP contribution in [0.4, 0.5) is 0 Å². The van der Waals surface area contributed by atoms with Crippen LogP contribution < -0.4 is 0 Å². The van der Waals surface area contributed by atoms with Crippen LogP contribution in [0.1, 0.15) is 37.0 Å². The first kappa shape index (κ1) is 12.8. The summed E-state index contributed by atoms with van der Waals surface area (Å²) in [6, 6.07) is 10.1. The predicted octanol–water partition coefficient (Wildman–Crippen LogP) is 3.56. The highest BCUT2D eigenvalue weighted by atomic mass is 15.2. The zero-order valence-electron chi connectivity index (χ0n) is 12.3. The Labute approximate surface area is 118 Å². The van der Waals surface area contributed by atoms with Crippen LogP contribution in [-0.2, 0) is 0 Å². The minimum atomic E-state index is 0.380. The topological polar surface area (TPSA) is 43.6 Å². The van der Waals surface area contributed by atoms with E-state index in [0.29, 0.717) is 11.9 Å². The quantitative estimate of drug-likeness (QED) is 0.712. The molecule has 0 atom stereocenters. The summed E-state index contributed by atoms with van der Waals surface area (Å²) in [6.45, 7) is 8.28. The maximum absolute atomic E-state index is 4.70. The molecule has 2 heterocycles. The van der Waals surface area contributed by atoms with Gasteiger partial charge < -0.3 is 0 Å². The van der Waals surface area contributed by atoms with Crippen molar-refractivity contribution in [2.45, 2.75) is 33.6 Å². The first-order chi connectivity index (χ1) is 9.56. The minimum absolute atomic E-state index is 0.380. The number of nitrogens with zero attached hydrogens (tertiary/aromatic N) is 4. The normalized spacial score (nSPS) is 11.4. The standard InChI is InChI=1S/C16H18N4/c1-10(2)14-9-11(3)17-16(19-14)20-12(4)18-13-7-5-6-8-15(13)20/h5-10H,1-4H3. The molecule has 0 radical (unpaired) electrons. The third-order valence-electron chi connectivity index (χ3n) is 3.38. The van der Waals surface area contributed by atoms with Gasteiger partial charge in [-0.2, -0.15) is 0 Å². The Balaban J connectivity index is 2.28. The van der Waals surface area contributed by atoms with Gasteiger partial charge in [0, 0.05) is 11.4 Å². The first-order valence-electron chi connectivity index (χ1n) is 6.86. The predicted molar refractivity (Wildman–Crippen MR) is 80.2 cm³/mol. The summed E-state index contributed by atoms with van der Waals surface area (Å²) in [6.07, 6.45) is 0. The minimum Gasteiger partial charge on any atom is -0.264 e. The van der Waals surface area contributed by atoms with Gasteiger partial charge in [0.25, 0.3) is 0 Å². The summed E-state index contributed by atoms with van der Waals surface area (Å²) in [7, 11) is 0. The molecule has 0 aliphatic heterocycles. The molecule has 0 saturated heterocycles. The molecule has 1 aromatic carbocycles. The van der Waals surface area contributed by atoms with Crippen LogP contribution in [0.25, 0.3) is 17.0 Å². The summed E-state index contributed by atoms with van der Waals surface area (Å²) in [4.78, 5) is 13.9. The van der Waals surface area contributed by atoms with Crippen molar-refractivity contribution in [3.8, 4) is 5.95 Å². The number of imidazole rings is 1. The van der Waals surface area contributed by atoms with Crippen LogP contribution in [0, 0.1) is 13.8 Å². The van der Waals surface area contributed by atoms with E-state index < -0.39 is 0 Å². The van der Waals surface area contributed by atoms with Gasteiger partial charge in [-0.05, 0) is 38.0 Å². The van der Waals surface area contributed by atoms with Crippen LogP contribution in [0.3, 0.4) is 0 Å². The van der Waals surface area contributed by atoms with Gasteiger partial charge in [0.2, 0.25) is 5.95 Å².